The second kappa shape index (κ2) is 9.45. The van der Waals surface area contributed by atoms with E-state index in [-0.39, 0.29) is 24.2 Å². The fourth-order valence-corrected chi connectivity index (χ4v) is 3.55. The van der Waals surface area contributed by atoms with Crippen molar-refractivity contribution < 1.29 is 19.1 Å². The van der Waals surface area contributed by atoms with E-state index in [0.29, 0.717) is 31.0 Å². The molecule has 1 N–H and O–H groups in total. The van der Waals surface area contributed by atoms with Crippen LogP contribution in [-0.4, -0.2) is 39.1 Å². The fourth-order valence-electron chi connectivity index (χ4n) is 3.55. The topological polar surface area (TPSA) is 67.9 Å². The molecule has 2 amide bonds. The molecule has 0 saturated carbocycles. The van der Waals surface area contributed by atoms with Gasteiger partial charge in [-0.1, -0.05) is 25.1 Å². The van der Waals surface area contributed by atoms with Gasteiger partial charge in [0.15, 0.2) is 11.5 Å². The van der Waals surface area contributed by atoms with E-state index in [1.54, 1.807) is 19.1 Å². The zero-order chi connectivity index (χ0) is 20.8. The van der Waals surface area contributed by atoms with Gasteiger partial charge in [-0.2, -0.15) is 0 Å². The molecule has 1 fully saturated rings. The minimum atomic E-state index is -0.321. The summed E-state index contributed by atoms with van der Waals surface area (Å²) in [5, 5.41) is 2.96. The maximum Gasteiger partial charge on any atom is 0.227 e. The van der Waals surface area contributed by atoms with Crippen molar-refractivity contribution in [1.29, 1.82) is 0 Å². The lowest BCUT2D eigenvalue weighted by molar-refractivity contribution is -0.126. The number of nitrogens with one attached hydrogen (secondary N) is 1. The molecule has 0 radical (unpaired) electrons. The van der Waals surface area contributed by atoms with Gasteiger partial charge in [0.1, 0.15) is 0 Å². The summed E-state index contributed by atoms with van der Waals surface area (Å²) >= 11 is 0. The molecule has 1 aliphatic heterocycles. The number of benzene rings is 2. The van der Waals surface area contributed by atoms with E-state index in [9.17, 15) is 9.59 Å². The van der Waals surface area contributed by atoms with Crippen LogP contribution in [0, 0.1) is 5.92 Å². The Kier molecular flexibility index (Phi) is 6.75. The highest BCUT2D eigenvalue weighted by Crippen LogP contribution is 2.28. The fraction of sp³-hybridized carbons (Fsp3) is 0.391. The highest BCUT2D eigenvalue weighted by Gasteiger charge is 2.34. The first-order valence-corrected chi connectivity index (χ1v) is 9.93. The van der Waals surface area contributed by atoms with Gasteiger partial charge in [0.25, 0.3) is 0 Å². The van der Waals surface area contributed by atoms with E-state index < -0.39 is 0 Å². The minimum absolute atomic E-state index is 0.00529. The van der Waals surface area contributed by atoms with Crippen LogP contribution in [0.4, 0.5) is 5.69 Å². The molecule has 0 spiro atoms. The Bertz CT molecular complexity index is 864. The zero-order valence-corrected chi connectivity index (χ0v) is 17.2. The molecule has 2 aromatic rings. The van der Waals surface area contributed by atoms with Gasteiger partial charge >= 0.3 is 0 Å². The first kappa shape index (κ1) is 20.7. The Morgan fingerprint density at radius 2 is 1.76 bits per heavy atom. The summed E-state index contributed by atoms with van der Waals surface area (Å²) in [4.78, 5) is 26.6. The monoisotopic (exact) mass is 396 g/mol. The van der Waals surface area contributed by atoms with Crippen LogP contribution in [0.15, 0.2) is 42.5 Å². The van der Waals surface area contributed by atoms with Crippen molar-refractivity contribution in [2.24, 2.45) is 5.92 Å². The van der Waals surface area contributed by atoms with Gasteiger partial charge in [0.05, 0.1) is 20.1 Å². The number of hydrogen-bond donors (Lipinski definition) is 1. The molecule has 1 heterocycles. The molecule has 0 unspecified atom stereocenters. The maximum absolute atomic E-state index is 12.5. The molecule has 0 aliphatic carbocycles. The normalized spacial score (nSPS) is 16.0. The lowest BCUT2D eigenvalue weighted by atomic mass is 10.1. The van der Waals surface area contributed by atoms with Crippen LogP contribution in [0.25, 0.3) is 0 Å². The average Bonchev–Trinajstić information content (AvgIpc) is 3.15. The van der Waals surface area contributed by atoms with E-state index in [1.807, 2.05) is 42.5 Å². The Balaban J connectivity index is 1.53. The molecular formula is C23H28N2O4. The second-order valence-corrected chi connectivity index (χ2v) is 7.16. The summed E-state index contributed by atoms with van der Waals surface area (Å²) < 4.78 is 10.5. The molecule has 6 heteroatoms. The number of methoxy groups -OCH3 is 2. The number of ether oxygens (including phenoxy) is 2. The van der Waals surface area contributed by atoms with Gasteiger partial charge in [-0.15, -0.1) is 0 Å². The summed E-state index contributed by atoms with van der Waals surface area (Å²) in [5.74, 6) is 0.943. The van der Waals surface area contributed by atoms with Crippen molar-refractivity contribution in [1.82, 2.24) is 5.32 Å². The Labute approximate surface area is 171 Å². The number of hydrogen-bond acceptors (Lipinski definition) is 4. The number of carbonyl (C=O) groups is 2. The molecule has 1 saturated heterocycles. The summed E-state index contributed by atoms with van der Waals surface area (Å²) in [6.45, 7) is 3.02. The lowest BCUT2D eigenvalue weighted by Gasteiger charge is -2.17. The molecule has 6 nitrogen and oxygen atoms in total. The third kappa shape index (κ3) is 4.88. The molecule has 2 aromatic carbocycles. The summed E-state index contributed by atoms with van der Waals surface area (Å²) in [7, 11) is 3.20. The molecule has 154 valence electrons. The average molecular weight is 396 g/mol. The summed E-state index contributed by atoms with van der Waals surface area (Å²) in [6, 6.07) is 13.7. The van der Waals surface area contributed by atoms with Crippen molar-refractivity contribution in [3.05, 3.63) is 53.6 Å². The van der Waals surface area contributed by atoms with E-state index in [0.717, 1.165) is 17.7 Å². The summed E-state index contributed by atoms with van der Waals surface area (Å²) in [6.07, 6.45) is 1.88. The van der Waals surface area contributed by atoms with Crippen LogP contribution in [0.5, 0.6) is 11.5 Å². The first-order chi connectivity index (χ1) is 14.0. The van der Waals surface area contributed by atoms with Gasteiger partial charge < -0.3 is 19.7 Å². The highest BCUT2D eigenvalue weighted by atomic mass is 16.5. The molecule has 1 aliphatic rings. The van der Waals surface area contributed by atoms with Gasteiger partial charge in [0, 0.05) is 25.2 Å². The van der Waals surface area contributed by atoms with E-state index in [1.165, 1.54) is 5.56 Å². The minimum Gasteiger partial charge on any atom is -0.493 e. The van der Waals surface area contributed by atoms with Crippen molar-refractivity contribution in [3.63, 3.8) is 0 Å². The van der Waals surface area contributed by atoms with E-state index in [2.05, 4.69) is 12.2 Å². The second-order valence-electron chi connectivity index (χ2n) is 7.16. The van der Waals surface area contributed by atoms with E-state index >= 15 is 0 Å². The van der Waals surface area contributed by atoms with Gasteiger partial charge in [-0.3, -0.25) is 9.59 Å². The molecule has 0 aromatic heterocycles. The number of rotatable bonds is 8. The summed E-state index contributed by atoms with van der Waals surface area (Å²) in [5.41, 5.74) is 3.13. The SMILES string of the molecule is CCc1ccc(N2C[C@H](C(=O)NCCc3ccc(OC)c(OC)c3)CC2=O)cc1. The third-order valence-corrected chi connectivity index (χ3v) is 5.31. The quantitative estimate of drug-likeness (QED) is 0.745. The molecule has 0 bridgehead atoms. The number of aryl methyl sites for hydroxylation is 1. The van der Waals surface area contributed by atoms with Gasteiger partial charge in [0.2, 0.25) is 11.8 Å². The Morgan fingerprint density at radius 3 is 2.41 bits per heavy atom. The standard InChI is InChI=1S/C23H28N2O4/c1-4-16-5-8-19(9-6-16)25-15-18(14-22(25)26)23(27)24-12-11-17-7-10-20(28-2)21(13-17)29-3/h5-10,13,18H,4,11-12,14-15H2,1-3H3,(H,24,27)/t18-/m1/s1. The van der Waals surface area contributed by atoms with Crippen LogP contribution in [0.3, 0.4) is 0 Å². The van der Waals surface area contributed by atoms with Crippen molar-refractivity contribution in [2.75, 3.05) is 32.2 Å². The Hall–Kier alpha value is -3.02. The number of anilines is 1. The predicted octanol–water partition coefficient (Wildman–Crippen LogP) is 2.98. The number of nitrogens with zero attached hydrogens (tertiary/aromatic N) is 1. The molecule has 29 heavy (non-hydrogen) atoms. The first-order valence-electron chi connectivity index (χ1n) is 9.93. The zero-order valence-electron chi connectivity index (χ0n) is 17.2. The van der Waals surface area contributed by atoms with Crippen molar-refractivity contribution in [3.8, 4) is 11.5 Å². The Morgan fingerprint density at radius 1 is 1.07 bits per heavy atom. The molecule has 1 atom stereocenters. The largest absolute Gasteiger partial charge is 0.493 e. The highest BCUT2D eigenvalue weighted by molar-refractivity contribution is 6.00. The maximum atomic E-state index is 12.5. The van der Waals surface area contributed by atoms with Crippen LogP contribution >= 0.6 is 0 Å². The van der Waals surface area contributed by atoms with E-state index in [4.69, 9.17) is 9.47 Å². The lowest BCUT2D eigenvalue weighted by Crippen LogP contribution is -2.34. The van der Waals surface area contributed by atoms with Crippen LogP contribution < -0.4 is 19.7 Å². The van der Waals surface area contributed by atoms with Crippen molar-refractivity contribution in [2.45, 2.75) is 26.2 Å². The predicted molar refractivity (Wildman–Crippen MR) is 113 cm³/mol. The van der Waals surface area contributed by atoms with Gasteiger partial charge in [-0.05, 0) is 48.2 Å². The van der Waals surface area contributed by atoms with Crippen molar-refractivity contribution >= 4 is 17.5 Å². The van der Waals surface area contributed by atoms with Gasteiger partial charge in [-0.25, -0.2) is 0 Å². The smallest absolute Gasteiger partial charge is 0.227 e. The number of amides is 2. The van der Waals surface area contributed by atoms with Crippen LogP contribution in [0.1, 0.15) is 24.5 Å². The number of carbonyl (C=O) groups excluding carboxylic acids is 2. The van der Waals surface area contributed by atoms with Crippen LogP contribution in [0.2, 0.25) is 0 Å². The van der Waals surface area contributed by atoms with Crippen LogP contribution in [-0.2, 0) is 22.4 Å². The molecular weight excluding hydrogens is 368 g/mol. The third-order valence-electron chi connectivity index (χ3n) is 5.31. The molecule has 3 rings (SSSR count).